The fourth-order valence-electron chi connectivity index (χ4n) is 1.39. The van der Waals surface area contributed by atoms with Gasteiger partial charge in [0.1, 0.15) is 6.10 Å². The predicted molar refractivity (Wildman–Crippen MR) is 62.6 cm³/mol. The first-order valence-electron chi connectivity index (χ1n) is 5.00. The summed E-state index contributed by atoms with van der Waals surface area (Å²) in [7, 11) is 0. The number of hydrogen-bond acceptors (Lipinski definition) is 3. The van der Waals surface area contributed by atoms with Crippen molar-refractivity contribution in [1.82, 2.24) is 9.97 Å². The van der Waals surface area contributed by atoms with E-state index in [0.29, 0.717) is 5.69 Å². The topological polar surface area (TPSA) is 46.0 Å². The SMILES string of the molecule is C=C[C@@H](O)c1cccc(-c2ccccn2)n1. The average molecular weight is 212 g/mol. The number of aliphatic hydroxyl groups excluding tert-OH is 1. The van der Waals surface area contributed by atoms with E-state index in [1.807, 2.05) is 30.3 Å². The number of rotatable bonds is 3. The van der Waals surface area contributed by atoms with E-state index in [1.54, 1.807) is 12.3 Å². The molecule has 0 aromatic carbocycles. The molecule has 0 spiro atoms. The second kappa shape index (κ2) is 4.68. The van der Waals surface area contributed by atoms with Crippen molar-refractivity contribution < 1.29 is 5.11 Å². The molecular formula is C13H12N2O. The minimum atomic E-state index is -0.733. The Kier molecular flexibility index (Phi) is 3.08. The summed E-state index contributed by atoms with van der Waals surface area (Å²) >= 11 is 0. The van der Waals surface area contributed by atoms with Crippen molar-refractivity contribution in [3.63, 3.8) is 0 Å². The Balaban J connectivity index is 2.40. The zero-order valence-electron chi connectivity index (χ0n) is 8.74. The van der Waals surface area contributed by atoms with Crippen LogP contribution in [0, 0.1) is 0 Å². The highest BCUT2D eigenvalue weighted by atomic mass is 16.3. The van der Waals surface area contributed by atoms with Crippen LogP contribution in [0.2, 0.25) is 0 Å². The molecule has 0 amide bonds. The van der Waals surface area contributed by atoms with Crippen molar-refractivity contribution in [2.45, 2.75) is 6.10 Å². The van der Waals surface area contributed by atoms with Crippen LogP contribution in [0.15, 0.2) is 55.3 Å². The van der Waals surface area contributed by atoms with Crippen LogP contribution in [0.25, 0.3) is 11.4 Å². The highest BCUT2D eigenvalue weighted by Gasteiger charge is 2.06. The Morgan fingerprint density at radius 2 is 1.94 bits per heavy atom. The number of hydrogen-bond donors (Lipinski definition) is 1. The summed E-state index contributed by atoms with van der Waals surface area (Å²) in [5, 5.41) is 9.60. The second-order valence-electron chi connectivity index (χ2n) is 3.34. The van der Waals surface area contributed by atoms with Crippen LogP contribution < -0.4 is 0 Å². The minimum Gasteiger partial charge on any atom is -0.383 e. The summed E-state index contributed by atoms with van der Waals surface area (Å²) in [6.45, 7) is 3.53. The molecule has 2 aromatic heterocycles. The quantitative estimate of drug-likeness (QED) is 0.794. The molecular weight excluding hydrogens is 200 g/mol. The molecule has 3 nitrogen and oxygen atoms in total. The molecule has 0 aliphatic carbocycles. The van der Waals surface area contributed by atoms with Crippen molar-refractivity contribution >= 4 is 0 Å². The minimum absolute atomic E-state index is 0.582. The molecule has 80 valence electrons. The number of aromatic nitrogens is 2. The van der Waals surface area contributed by atoms with Crippen molar-refractivity contribution in [3.05, 3.63) is 60.9 Å². The summed E-state index contributed by atoms with van der Waals surface area (Å²) in [4.78, 5) is 8.54. The highest BCUT2D eigenvalue weighted by molar-refractivity contribution is 5.53. The first-order chi connectivity index (χ1) is 7.81. The fourth-order valence-corrected chi connectivity index (χ4v) is 1.39. The van der Waals surface area contributed by atoms with Gasteiger partial charge in [0.2, 0.25) is 0 Å². The molecule has 0 aliphatic heterocycles. The van der Waals surface area contributed by atoms with E-state index in [2.05, 4.69) is 16.5 Å². The van der Waals surface area contributed by atoms with Crippen LogP contribution in [0.4, 0.5) is 0 Å². The van der Waals surface area contributed by atoms with Crippen molar-refractivity contribution in [2.24, 2.45) is 0 Å². The van der Waals surface area contributed by atoms with E-state index in [0.717, 1.165) is 11.4 Å². The Labute approximate surface area is 94.1 Å². The molecule has 3 heteroatoms. The van der Waals surface area contributed by atoms with Gasteiger partial charge in [-0.15, -0.1) is 6.58 Å². The third-order valence-electron chi connectivity index (χ3n) is 2.22. The molecule has 2 heterocycles. The van der Waals surface area contributed by atoms with Crippen LogP contribution in [0.3, 0.4) is 0 Å². The molecule has 1 N–H and O–H groups in total. The lowest BCUT2D eigenvalue weighted by Gasteiger charge is -2.06. The molecule has 0 aliphatic rings. The zero-order valence-corrected chi connectivity index (χ0v) is 8.74. The molecule has 2 rings (SSSR count). The number of nitrogens with zero attached hydrogens (tertiary/aromatic N) is 2. The average Bonchev–Trinajstić information content (AvgIpc) is 2.39. The van der Waals surface area contributed by atoms with Gasteiger partial charge in [0.15, 0.2) is 0 Å². The first-order valence-corrected chi connectivity index (χ1v) is 5.00. The van der Waals surface area contributed by atoms with Gasteiger partial charge in [0, 0.05) is 6.20 Å². The molecule has 0 saturated heterocycles. The van der Waals surface area contributed by atoms with Crippen molar-refractivity contribution in [2.75, 3.05) is 0 Å². The predicted octanol–water partition coefficient (Wildman–Crippen LogP) is 2.36. The molecule has 16 heavy (non-hydrogen) atoms. The summed E-state index contributed by atoms with van der Waals surface area (Å²) in [6, 6.07) is 11.1. The van der Waals surface area contributed by atoms with Gasteiger partial charge in [0.25, 0.3) is 0 Å². The fraction of sp³-hybridized carbons (Fsp3) is 0.0769. The smallest absolute Gasteiger partial charge is 0.114 e. The Morgan fingerprint density at radius 3 is 2.62 bits per heavy atom. The maximum absolute atomic E-state index is 9.60. The third-order valence-corrected chi connectivity index (χ3v) is 2.22. The summed E-state index contributed by atoms with van der Waals surface area (Å²) in [5.74, 6) is 0. The van der Waals surface area contributed by atoms with Gasteiger partial charge >= 0.3 is 0 Å². The molecule has 2 aromatic rings. The maximum Gasteiger partial charge on any atom is 0.114 e. The highest BCUT2D eigenvalue weighted by Crippen LogP contribution is 2.17. The van der Waals surface area contributed by atoms with E-state index in [9.17, 15) is 5.11 Å². The Bertz CT molecular complexity index is 482. The van der Waals surface area contributed by atoms with Gasteiger partial charge in [-0.25, -0.2) is 4.98 Å². The Hall–Kier alpha value is -2.00. The lowest BCUT2D eigenvalue weighted by atomic mass is 10.2. The maximum atomic E-state index is 9.60. The lowest BCUT2D eigenvalue weighted by molar-refractivity contribution is 0.224. The van der Waals surface area contributed by atoms with E-state index >= 15 is 0 Å². The lowest BCUT2D eigenvalue weighted by Crippen LogP contribution is -1.98. The van der Waals surface area contributed by atoms with E-state index < -0.39 is 6.10 Å². The summed E-state index contributed by atoms with van der Waals surface area (Å²) in [5.41, 5.74) is 2.12. The first kappa shape index (κ1) is 10.5. The molecule has 1 atom stereocenters. The van der Waals surface area contributed by atoms with Crippen LogP contribution in [-0.2, 0) is 0 Å². The second-order valence-corrected chi connectivity index (χ2v) is 3.34. The van der Waals surface area contributed by atoms with Gasteiger partial charge < -0.3 is 5.11 Å². The van der Waals surface area contributed by atoms with Gasteiger partial charge in [-0.2, -0.15) is 0 Å². The standard InChI is InChI=1S/C13H12N2O/c1-2-13(16)12-8-5-7-11(15-12)10-6-3-4-9-14-10/h2-9,13,16H,1H2/t13-/m1/s1. The van der Waals surface area contributed by atoms with E-state index in [1.165, 1.54) is 6.08 Å². The summed E-state index contributed by atoms with van der Waals surface area (Å²) in [6.07, 6.45) is 2.43. The number of aliphatic hydroxyl groups is 1. The third kappa shape index (κ3) is 2.15. The largest absolute Gasteiger partial charge is 0.383 e. The number of pyridine rings is 2. The van der Waals surface area contributed by atoms with Crippen LogP contribution in [0.1, 0.15) is 11.8 Å². The van der Waals surface area contributed by atoms with Crippen molar-refractivity contribution in [1.29, 1.82) is 0 Å². The Morgan fingerprint density at radius 1 is 1.12 bits per heavy atom. The van der Waals surface area contributed by atoms with Crippen LogP contribution in [0.5, 0.6) is 0 Å². The monoisotopic (exact) mass is 212 g/mol. The van der Waals surface area contributed by atoms with Gasteiger partial charge in [-0.3, -0.25) is 4.98 Å². The molecule has 0 unspecified atom stereocenters. The molecule has 0 saturated carbocycles. The van der Waals surface area contributed by atoms with Crippen LogP contribution in [-0.4, -0.2) is 15.1 Å². The van der Waals surface area contributed by atoms with E-state index in [-0.39, 0.29) is 0 Å². The van der Waals surface area contributed by atoms with E-state index in [4.69, 9.17) is 0 Å². The normalized spacial score (nSPS) is 12.1. The zero-order chi connectivity index (χ0) is 11.4. The van der Waals surface area contributed by atoms with Gasteiger partial charge in [-0.05, 0) is 24.3 Å². The summed E-state index contributed by atoms with van der Waals surface area (Å²) < 4.78 is 0. The molecule has 0 bridgehead atoms. The van der Waals surface area contributed by atoms with Gasteiger partial charge in [-0.1, -0.05) is 18.2 Å². The van der Waals surface area contributed by atoms with Crippen LogP contribution >= 0.6 is 0 Å². The molecule has 0 radical (unpaired) electrons. The van der Waals surface area contributed by atoms with Crippen molar-refractivity contribution in [3.8, 4) is 11.4 Å². The van der Waals surface area contributed by atoms with Gasteiger partial charge in [0.05, 0.1) is 17.1 Å². The molecule has 0 fully saturated rings.